The lowest BCUT2D eigenvalue weighted by Gasteiger charge is -2.13. The molecule has 0 aliphatic carbocycles. The maximum Gasteiger partial charge on any atom is 0.280 e. The van der Waals surface area contributed by atoms with Crippen LogP contribution >= 0.6 is 23.4 Å². The van der Waals surface area contributed by atoms with E-state index in [1.54, 1.807) is 22.5 Å². The second-order valence-corrected chi connectivity index (χ2v) is 7.50. The maximum atomic E-state index is 13.1. The lowest BCUT2D eigenvalue weighted by Crippen LogP contribution is -2.25. The number of halogens is 1. The van der Waals surface area contributed by atoms with E-state index in [0.717, 1.165) is 11.1 Å². The third kappa shape index (κ3) is 3.63. The van der Waals surface area contributed by atoms with Crippen LogP contribution in [-0.2, 0) is 19.3 Å². The van der Waals surface area contributed by atoms with Crippen molar-refractivity contribution in [2.24, 2.45) is 7.05 Å². The molecule has 2 aromatic heterocycles. The van der Waals surface area contributed by atoms with Crippen LogP contribution in [0.1, 0.15) is 11.1 Å². The van der Waals surface area contributed by atoms with E-state index in [2.05, 4.69) is 5.10 Å². The highest BCUT2D eigenvalue weighted by Gasteiger charge is 2.15. The summed E-state index contributed by atoms with van der Waals surface area (Å²) in [5.74, 6) is 0.632. The van der Waals surface area contributed by atoms with Crippen molar-refractivity contribution in [3.8, 4) is 0 Å². The first-order valence-electron chi connectivity index (χ1n) is 8.46. The van der Waals surface area contributed by atoms with Crippen molar-refractivity contribution < 1.29 is 0 Å². The van der Waals surface area contributed by atoms with E-state index >= 15 is 0 Å². The first-order valence-corrected chi connectivity index (χ1v) is 9.82. The minimum atomic E-state index is -0.0921. The molecule has 0 bridgehead atoms. The molecule has 4 aromatic rings. The van der Waals surface area contributed by atoms with Crippen LogP contribution in [0.2, 0.25) is 5.02 Å². The number of rotatable bonds is 5. The summed E-state index contributed by atoms with van der Waals surface area (Å²) in [5, 5.41) is 5.56. The van der Waals surface area contributed by atoms with E-state index in [9.17, 15) is 4.79 Å². The highest BCUT2D eigenvalue weighted by atomic mass is 35.5. The van der Waals surface area contributed by atoms with Crippen LogP contribution in [0.4, 0.5) is 0 Å². The molecule has 0 saturated heterocycles. The molecule has 0 aliphatic rings. The standard InChI is InChI=1S/C20H17ClN4OS/c1-24-18-17(11-22-24)23-20(27-13-15-9-5-6-10-16(15)21)25(19(18)26)12-14-7-3-2-4-8-14/h2-11H,12-13H2,1H3. The van der Waals surface area contributed by atoms with E-state index in [1.165, 1.54) is 11.8 Å². The summed E-state index contributed by atoms with van der Waals surface area (Å²) < 4.78 is 3.29. The molecule has 5 nitrogen and oxygen atoms in total. The van der Waals surface area contributed by atoms with Gasteiger partial charge >= 0.3 is 0 Å². The molecule has 2 heterocycles. The third-order valence-electron chi connectivity index (χ3n) is 4.31. The normalized spacial score (nSPS) is 11.2. The van der Waals surface area contributed by atoms with Crippen molar-refractivity contribution in [1.82, 2.24) is 19.3 Å². The van der Waals surface area contributed by atoms with Gasteiger partial charge < -0.3 is 0 Å². The van der Waals surface area contributed by atoms with E-state index < -0.39 is 0 Å². The van der Waals surface area contributed by atoms with Gasteiger partial charge in [-0.3, -0.25) is 14.0 Å². The molecular formula is C20H17ClN4OS. The molecule has 0 unspecified atom stereocenters. The molecule has 0 saturated carbocycles. The molecular weight excluding hydrogens is 380 g/mol. The van der Waals surface area contributed by atoms with Crippen LogP contribution in [-0.4, -0.2) is 19.3 Å². The fourth-order valence-electron chi connectivity index (χ4n) is 2.91. The molecule has 136 valence electrons. The fourth-order valence-corrected chi connectivity index (χ4v) is 4.19. The first kappa shape index (κ1) is 17.8. The maximum absolute atomic E-state index is 13.1. The molecule has 0 spiro atoms. The average Bonchev–Trinajstić information content (AvgIpc) is 3.05. The van der Waals surface area contributed by atoms with E-state index in [0.29, 0.717) is 33.5 Å². The zero-order chi connectivity index (χ0) is 18.8. The van der Waals surface area contributed by atoms with E-state index in [4.69, 9.17) is 16.6 Å². The van der Waals surface area contributed by atoms with Gasteiger partial charge in [0.05, 0.1) is 12.7 Å². The molecule has 0 aliphatic heterocycles. The Morgan fingerprint density at radius 1 is 1.07 bits per heavy atom. The van der Waals surface area contributed by atoms with Crippen LogP contribution in [0, 0.1) is 0 Å². The predicted octanol–water partition coefficient (Wildman–Crippen LogP) is 4.12. The lowest BCUT2D eigenvalue weighted by atomic mass is 10.2. The summed E-state index contributed by atoms with van der Waals surface area (Å²) in [6.07, 6.45) is 1.63. The number of thioether (sulfide) groups is 1. The minimum absolute atomic E-state index is 0.0921. The summed E-state index contributed by atoms with van der Waals surface area (Å²) in [6.45, 7) is 0.457. The SMILES string of the molecule is Cn1ncc2nc(SCc3ccccc3Cl)n(Cc3ccccc3)c(=O)c21. The summed E-state index contributed by atoms with van der Waals surface area (Å²) in [5.41, 5.74) is 3.07. The minimum Gasteiger partial charge on any atom is -0.281 e. The number of fused-ring (bicyclic) bond motifs is 1. The Hall–Kier alpha value is -2.57. The second-order valence-electron chi connectivity index (χ2n) is 6.15. The lowest BCUT2D eigenvalue weighted by molar-refractivity contribution is 0.651. The average molecular weight is 397 g/mol. The van der Waals surface area contributed by atoms with Gasteiger partial charge in [0.25, 0.3) is 5.56 Å². The number of aryl methyl sites for hydroxylation is 1. The van der Waals surface area contributed by atoms with Gasteiger partial charge in [0.15, 0.2) is 10.7 Å². The summed E-state index contributed by atoms with van der Waals surface area (Å²) >= 11 is 7.78. The predicted molar refractivity (Wildman–Crippen MR) is 109 cm³/mol. The number of benzene rings is 2. The van der Waals surface area contributed by atoms with Gasteiger partial charge in [0.1, 0.15) is 5.52 Å². The van der Waals surface area contributed by atoms with Gasteiger partial charge in [-0.05, 0) is 17.2 Å². The van der Waals surface area contributed by atoms with Gasteiger partial charge in [-0.25, -0.2) is 4.98 Å². The number of nitrogens with zero attached hydrogens (tertiary/aromatic N) is 4. The van der Waals surface area contributed by atoms with Crippen molar-refractivity contribution in [1.29, 1.82) is 0 Å². The van der Waals surface area contributed by atoms with Gasteiger partial charge in [0, 0.05) is 17.8 Å². The Labute approximate surface area is 165 Å². The molecule has 0 radical (unpaired) electrons. The zero-order valence-corrected chi connectivity index (χ0v) is 16.2. The smallest absolute Gasteiger partial charge is 0.280 e. The summed E-state index contributed by atoms with van der Waals surface area (Å²) in [7, 11) is 1.76. The van der Waals surface area contributed by atoms with Crippen molar-refractivity contribution >= 4 is 34.4 Å². The third-order valence-corrected chi connectivity index (χ3v) is 5.71. The molecule has 0 N–H and O–H groups in total. The van der Waals surface area contributed by atoms with Crippen LogP contribution in [0.3, 0.4) is 0 Å². The van der Waals surface area contributed by atoms with Crippen molar-refractivity contribution in [3.05, 3.63) is 87.3 Å². The molecule has 0 atom stereocenters. The van der Waals surface area contributed by atoms with Crippen LogP contribution < -0.4 is 5.56 Å². The van der Waals surface area contributed by atoms with Crippen molar-refractivity contribution in [3.63, 3.8) is 0 Å². The Kier molecular flexibility index (Phi) is 5.01. The molecule has 27 heavy (non-hydrogen) atoms. The van der Waals surface area contributed by atoms with Crippen LogP contribution in [0.15, 0.2) is 70.7 Å². The topological polar surface area (TPSA) is 52.7 Å². The van der Waals surface area contributed by atoms with Gasteiger partial charge in [-0.2, -0.15) is 5.10 Å². The first-order chi connectivity index (χ1) is 13.1. The molecule has 0 fully saturated rings. The Morgan fingerprint density at radius 2 is 1.81 bits per heavy atom. The summed E-state index contributed by atoms with van der Waals surface area (Å²) in [6, 6.07) is 17.6. The molecule has 4 rings (SSSR count). The van der Waals surface area contributed by atoms with Gasteiger partial charge in [0.2, 0.25) is 0 Å². The fraction of sp³-hybridized carbons (Fsp3) is 0.150. The summed E-state index contributed by atoms with van der Waals surface area (Å²) in [4.78, 5) is 17.8. The second kappa shape index (κ2) is 7.58. The molecule has 7 heteroatoms. The largest absolute Gasteiger partial charge is 0.281 e. The van der Waals surface area contributed by atoms with Crippen molar-refractivity contribution in [2.75, 3.05) is 0 Å². The monoisotopic (exact) mass is 396 g/mol. The van der Waals surface area contributed by atoms with Crippen LogP contribution in [0.25, 0.3) is 11.0 Å². The Bertz CT molecular complexity index is 1150. The number of hydrogen-bond acceptors (Lipinski definition) is 4. The quantitative estimate of drug-likeness (QED) is 0.376. The highest BCUT2D eigenvalue weighted by Crippen LogP contribution is 2.26. The molecule has 2 aromatic carbocycles. The number of aromatic nitrogens is 4. The Balaban J connectivity index is 1.77. The van der Waals surface area contributed by atoms with E-state index in [1.807, 2.05) is 54.6 Å². The molecule has 0 amide bonds. The highest BCUT2D eigenvalue weighted by molar-refractivity contribution is 7.98. The van der Waals surface area contributed by atoms with Gasteiger partial charge in [-0.15, -0.1) is 0 Å². The van der Waals surface area contributed by atoms with Gasteiger partial charge in [-0.1, -0.05) is 71.9 Å². The van der Waals surface area contributed by atoms with E-state index in [-0.39, 0.29) is 5.56 Å². The number of hydrogen-bond donors (Lipinski definition) is 0. The van der Waals surface area contributed by atoms with Crippen molar-refractivity contribution in [2.45, 2.75) is 17.5 Å². The Morgan fingerprint density at radius 3 is 2.59 bits per heavy atom. The zero-order valence-electron chi connectivity index (χ0n) is 14.7. The van der Waals surface area contributed by atoms with Crippen LogP contribution in [0.5, 0.6) is 0 Å².